The summed E-state index contributed by atoms with van der Waals surface area (Å²) in [6, 6.07) is 3.25. The molecule has 2 N–H and O–H groups in total. The predicted octanol–water partition coefficient (Wildman–Crippen LogP) is 1.68. The summed E-state index contributed by atoms with van der Waals surface area (Å²) in [5.74, 6) is 0.953. The summed E-state index contributed by atoms with van der Waals surface area (Å²) in [5, 5.41) is 1.88. The summed E-state index contributed by atoms with van der Waals surface area (Å²) in [6.07, 6.45) is 1.56. The second kappa shape index (κ2) is 4.30. The molecule has 1 aliphatic rings. The minimum Gasteiger partial charge on any atom is -0.485 e. The van der Waals surface area contributed by atoms with E-state index in [2.05, 4.69) is 4.98 Å². The highest BCUT2D eigenvalue weighted by Crippen LogP contribution is 2.44. The van der Waals surface area contributed by atoms with Crippen LogP contribution < -0.4 is 15.2 Å². The average molecular weight is 262 g/mol. The third-order valence-corrected chi connectivity index (χ3v) is 3.54. The number of amides is 1. The number of hydrogen-bond donors (Lipinski definition) is 1. The minimum absolute atomic E-state index is 0.430. The van der Waals surface area contributed by atoms with E-state index in [0.29, 0.717) is 30.2 Å². The number of ether oxygens (including phenoxy) is 2. The highest BCUT2D eigenvalue weighted by molar-refractivity contribution is 7.14. The molecular formula is C12H10N2O3S. The number of rotatable bonds is 2. The number of carbonyl (C=O) groups is 1. The van der Waals surface area contributed by atoms with Gasteiger partial charge in [0.15, 0.2) is 11.5 Å². The van der Waals surface area contributed by atoms with E-state index in [1.807, 2.05) is 5.38 Å². The molecule has 0 radical (unpaired) electrons. The molecule has 92 valence electrons. The van der Waals surface area contributed by atoms with Crippen LogP contribution in [-0.4, -0.2) is 24.1 Å². The van der Waals surface area contributed by atoms with E-state index in [1.165, 1.54) is 11.3 Å². The molecule has 0 aliphatic carbocycles. The summed E-state index contributed by atoms with van der Waals surface area (Å²) >= 11 is 1.47. The van der Waals surface area contributed by atoms with Crippen molar-refractivity contribution in [2.24, 2.45) is 5.73 Å². The fourth-order valence-corrected chi connectivity index (χ4v) is 2.65. The quantitative estimate of drug-likeness (QED) is 0.893. The standard InChI is InChI=1S/C12H10N2O3S/c13-12(15)7-1-2-14-8(5-7)11-10-9(6-18-11)16-3-4-17-10/h1-2,5-6H,3-4H2,(H2,13,15). The van der Waals surface area contributed by atoms with E-state index in [-0.39, 0.29) is 0 Å². The van der Waals surface area contributed by atoms with Gasteiger partial charge in [0, 0.05) is 17.1 Å². The third-order valence-electron chi connectivity index (χ3n) is 2.58. The van der Waals surface area contributed by atoms with Crippen molar-refractivity contribution in [3.05, 3.63) is 29.3 Å². The molecule has 3 rings (SSSR count). The number of pyridine rings is 1. The molecule has 3 heterocycles. The van der Waals surface area contributed by atoms with Crippen LogP contribution >= 0.6 is 11.3 Å². The minimum atomic E-state index is -0.471. The highest BCUT2D eigenvalue weighted by atomic mass is 32.1. The van der Waals surface area contributed by atoms with E-state index in [9.17, 15) is 4.79 Å². The lowest BCUT2D eigenvalue weighted by atomic mass is 10.2. The van der Waals surface area contributed by atoms with Crippen molar-refractivity contribution in [1.29, 1.82) is 0 Å². The Hall–Kier alpha value is -2.08. The zero-order chi connectivity index (χ0) is 12.5. The van der Waals surface area contributed by atoms with Crippen molar-refractivity contribution in [1.82, 2.24) is 4.98 Å². The summed E-state index contributed by atoms with van der Waals surface area (Å²) in [6.45, 7) is 1.07. The van der Waals surface area contributed by atoms with Crippen molar-refractivity contribution in [2.75, 3.05) is 13.2 Å². The van der Waals surface area contributed by atoms with E-state index in [1.54, 1.807) is 18.3 Å². The molecule has 0 aromatic carbocycles. The average Bonchev–Trinajstić information content (AvgIpc) is 2.82. The Bertz CT molecular complexity index is 609. The zero-order valence-electron chi connectivity index (χ0n) is 9.38. The van der Waals surface area contributed by atoms with Gasteiger partial charge >= 0.3 is 0 Å². The molecule has 0 unspecified atom stereocenters. The summed E-state index contributed by atoms with van der Waals surface area (Å²) in [4.78, 5) is 16.2. The van der Waals surface area contributed by atoms with E-state index in [4.69, 9.17) is 15.2 Å². The van der Waals surface area contributed by atoms with Crippen LogP contribution in [0.2, 0.25) is 0 Å². The van der Waals surface area contributed by atoms with E-state index in [0.717, 1.165) is 10.6 Å². The van der Waals surface area contributed by atoms with Crippen molar-refractivity contribution in [3.63, 3.8) is 0 Å². The van der Waals surface area contributed by atoms with Gasteiger partial charge in [0.05, 0.1) is 10.6 Å². The lowest BCUT2D eigenvalue weighted by molar-refractivity contribution is 0.1000. The van der Waals surface area contributed by atoms with Crippen LogP contribution in [0.25, 0.3) is 10.6 Å². The van der Waals surface area contributed by atoms with Gasteiger partial charge in [0.1, 0.15) is 13.2 Å². The number of nitrogens with two attached hydrogens (primary N) is 1. The number of thiophene rings is 1. The molecule has 0 saturated carbocycles. The number of primary amides is 1. The molecule has 1 amide bonds. The maximum absolute atomic E-state index is 11.2. The van der Waals surface area contributed by atoms with Gasteiger partial charge in [-0.3, -0.25) is 9.78 Å². The number of nitrogens with zero attached hydrogens (tertiary/aromatic N) is 1. The number of carbonyl (C=O) groups excluding carboxylic acids is 1. The lowest BCUT2D eigenvalue weighted by Gasteiger charge is -2.15. The van der Waals surface area contributed by atoms with Gasteiger partial charge in [0.2, 0.25) is 5.91 Å². The Labute approximate surface area is 107 Å². The Morgan fingerprint density at radius 1 is 1.39 bits per heavy atom. The van der Waals surface area contributed by atoms with Gasteiger partial charge in [-0.1, -0.05) is 0 Å². The van der Waals surface area contributed by atoms with E-state index < -0.39 is 5.91 Å². The van der Waals surface area contributed by atoms with Crippen molar-refractivity contribution in [2.45, 2.75) is 0 Å². The van der Waals surface area contributed by atoms with Crippen LogP contribution in [0.1, 0.15) is 10.4 Å². The van der Waals surface area contributed by atoms with Crippen LogP contribution in [0.5, 0.6) is 11.5 Å². The first kappa shape index (κ1) is 11.0. The molecule has 0 bridgehead atoms. The molecule has 0 atom stereocenters. The van der Waals surface area contributed by atoms with Gasteiger partial charge in [-0.25, -0.2) is 0 Å². The van der Waals surface area contributed by atoms with Crippen molar-refractivity contribution >= 4 is 17.2 Å². The van der Waals surface area contributed by atoms with Gasteiger partial charge in [-0.05, 0) is 12.1 Å². The molecule has 2 aromatic rings. The summed E-state index contributed by atoms with van der Waals surface area (Å²) in [7, 11) is 0. The molecule has 18 heavy (non-hydrogen) atoms. The van der Waals surface area contributed by atoms with Crippen molar-refractivity contribution < 1.29 is 14.3 Å². The summed E-state index contributed by atoms with van der Waals surface area (Å²) < 4.78 is 11.0. The number of hydrogen-bond acceptors (Lipinski definition) is 5. The zero-order valence-corrected chi connectivity index (χ0v) is 10.2. The second-order valence-electron chi connectivity index (χ2n) is 3.75. The van der Waals surface area contributed by atoms with Gasteiger partial charge in [0.25, 0.3) is 0 Å². The van der Waals surface area contributed by atoms with Crippen LogP contribution in [0.15, 0.2) is 23.7 Å². The fraction of sp³-hybridized carbons (Fsp3) is 0.167. The maximum atomic E-state index is 11.2. The Morgan fingerprint density at radius 3 is 3.06 bits per heavy atom. The molecule has 5 nitrogen and oxygen atoms in total. The van der Waals surface area contributed by atoms with Crippen LogP contribution in [0.3, 0.4) is 0 Å². The van der Waals surface area contributed by atoms with Gasteiger partial charge < -0.3 is 15.2 Å². The lowest BCUT2D eigenvalue weighted by Crippen LogP contribution is -2.14. The molecule has 0 saturated heterocycles. The Kier molecular flexibility index (Phi) is 2.64. The SMILES string of the molecule is NC(=O)c1ccnc(-c2scc3c2OCCO3)c1. The monoisotopic (exact) mass is 262 g/mol. The number of fused-ring (bicyclic) bond motifs is 1. The predicted molar refractivity (Wildman–Crippen MR) is 67.1 cm³/mol. The van der Waals surface area contributed by atoms with Crippen LogP contribution in [-0.2, 0) is 0 Å². The molecule has 6 heteroatoms. The second-order valence-corrected chi connectivity index (χ2v) is 4.63. The first-order valence-electron chi connectivity index (χ1n) is 5.39. The fourth-order valence-electron chi connectivity index (χ4n) is 1.75. The smallest absolute Gasteiger partial charge is 0.248 e. The highest BCUT2D eigenvalue weighted by Gasteiger charge is 2.20. The number of aromatic nitrogens is 1. The van der Waals surface area contributed by atoms with Crippen molar-refractivity contribution in [3.8, 4) is 22.1 Å². The van der Waals surface area contributed by atoms with E-state index >= 15 is 0 Å². The maximum Gasteiger partial charge on any atom is 0.248 e. The molecular weight excluding hydrogens is 252 g/mol. The third kappa shape index (κ3) is 1.80. The normalized spacial score (nSPS) is 13.3. The van der Waals surface area contributed by atoms with Crippen LogP contribution in [0.4, 0.5) is 0 Å². The topological polar surface area (TPSA) is 74.4 Å². The first-order chi connectivity index (χ1) is 8.75. The molecule has 2 aromatic heterocycles. The Morgan fingerprint density at radius 2 is 2.22 bits per heavy atom. The summed E-state index contributed by atoms with van der Waals surface area (Å²) in [5.41, 5.74) is 6.35. The molecule has 0 fully saturated rings. The van der Waals surface area contributed by atoms with Gasteiger partial charge in [-0.15, -0.1) is 11.3 Å². The first-order valence-corrected chi connectivity index (χ1v) is 6.27. The largest absolute Gasteiger partial charge is 0.485 e. The van der Waals surface area contributed by atoms with Crippen LogP contribution in [0, 0.1) is 0 Å². The Balaban J connectivity index is 2.07. The van der Waals surface area contributed by atoms with Gasteiger partial charge in [-0.2, -0.15) is 0 Å². The molecule has 0 spiro atoms. The molecule has 1 aliphatic heterocycles.